The second kappa shape index (κ2) is 3.69. The molecule has 92 valence electrons. The maximum absolute atomic E-state index is 10.6. The van der Waals surface area contributed by atoms with Gasteiger partial charge in [0.15, 0.2) is 0 Å². The van der Waals surface area contributed by atoms with Crippen molar-refractivity contribution >= 4 is 0 Å². The molecule has 2 saturated heterocycles. The van der Waals surface area contributed by atoms with E-state index in [1.165, 1.54) is 19.4 Å². The first-order chi connectivity index (χ1) is 7.59. The lowest BCUT2D eigenvalue weighted by atomic mass is 9.65. The van der Waals surface area contributed by atoms with Crippen LogP contribution in [0.1, 0.15) is 39.0 Å². The number of hydrogen-bond acceptors (Lipinski definition) is 3. The molecule has 0 aromatic heterocycles. The summed E-state index contributed by atoms with van der Waals surface area (Å²) in [5.74, 6) is 1.49. The third kappa shape index (κ3) is 1.69. The summed E-state index contributed by atoms with van der Waals surface area (Å²) in [7, 11) is 0. The lowest BCUT2D eigenvalue weighted by Crippen LogP contribution is -2.50. The Morgan fingerprint density at radius 3 is 2.75 bits per heavy atom. The van der Waals surface area contributed by atoms with Crippen LogP contribution in [0.4, 0.5) is 0 Å². The standard InChI is InChI=1S/C13H24N2O/c1-9(7-14)15-8-11-2-10-3-12(15)6-13(16,4-10)5-11/h9-12,16H,2-8,14H2,1H3. The van der Waals surface area contributed by atoms with Crippen molar-refractivity contribution in [2.75, 3.05) is 13.1 Å². The summed E-state index contributed by atoms with van der Waals surface area (Å²) in [6.07, 6.45) is 5.72. The largest absolute Gasteiger partial charge is 0.390 e. The maximum Gasteiger partial charge on any atom is 0.0668 e. The van der Waals surface area contributed by atoms with Crippen LogP contribution in [-0.2, 0) is 0 Å². The third-order valence-electron chi connectivity index (χ3n) is 5.07. The molecule has 4 rings (SSSR count). The van der Waals surface area contributed by atoms with Crippen LogP contribution in [0.5, 0.6) is 0 Å². The summed E-state index contributed by atoms with van der Waals surface area (Å²) in [5.41, 5.74) is 5.48. The molecule has 5 atom stereocenters. The van der Waals surface area contributed by atoms with E-state index in [9.17, 15) is 5.11 Å². The van der Waals surface area contributed by atoms with Gasteiger partial charge in [-0.25, -0.2) is 0 Å². The van der Waals surface area contributed by atoms with Gasteiger partial charge >= 0.3 is 0 Å². The first kappa shape index (κ1) is 11.0. The van der Waals surface area contributed by atoms with E-state index in [1.54, 1.807) is 0 Å². The first-order valence-electron chi connectivity index (χ1n) is 6.78. The molecule has 2 saturated carbocycles. The van der Waals surface area contributed by atoms with Crippen LogP contribution in [0.3, 0.4) is 0 Å². The molecule has 2 aliphatic carbocycles. The molecule has 0 spiro atoms. The fraction of sp³-hybridized carbons (Fsp3) is 1.00. The number of rotatable bonds is 2. The smallest absolute Gasteiger partial charge is 0.0668 e. The monoisotopic (exact) mass is 224 g/mol. The van der Waals surface area contributed by atoms with Gasteiger partial charge in [0.1, 0.15) is 0 Å². The second-order valence-corrected chi connectivity index (χ2v) is 6.48. The van der Waals surface area contributed by atoms with Gasteiger partial charge in [0.05, 0.1) is 5.60 Å². The highest BCUT2D eigenvalue weighted by Gasteiger charge is 2.50. The molecule has 0 radical (unpaired) electrons. The summed E-state index contributed by atoms with van der Waals surface area (Å²) in [5, 5.41) is 10.6. The highest BCUT2D eigenvalue weighted by Crippen LogP contribution is 2.49. The van der Waals surface area contributed by atoms with Gasteiger partial charge in [0.25, 0.3) is 0 Å². The average Bonchev–Trinajstić information content (AvgIpc) is 2.39. The Morgan fingerprint density at radius 2 is 2.06 bits per heavy atom. The average molecular weight is 224 g/mol. The van der Waals surface area contributed by atoms with Crippen molar-refractivity contribution in [3.8, 4) is 0 Å². The summed E-state index contributed by atoms with van der Waals surface area (Å²) in [6, 6.07) is 1.07. The molecule has 16 heavy (non-hydrogen) atoms. The quantitative estimate of drug-likeness (QED) is 0.734. The Morgan fingerprint density at radius 1 is 1.31 bits per heavy atom. The Kier molecular flexibility index (Phi) is 2.54. The molecule has 4 fully saturated rings. The minimum Gasteiger partial charge on any atom is -0.390 e. The van der Waals surface area contributed by atoms with Crippen LogP contribution in [0.2, 0.25) is 0 Å². The molecule has 3 heteroatoms. The van der Waals surface area contributed by atoms with Gasteiger partial charge in [-0.3, -0.25) is 4.90 Å². The minimum atomic E-state index is -0.334. The molecule has 4 bridgehead atoms. The van der Waals surface area contributed by atoms with E-state index >= 15 is 0 Å². The second-order valence-electron chi connectivity index (χ2n) is 6.48. The van der Waals surface area contributed by atoms with E-state index in [-0.39, 0.29) is 5.60 Å². The van der Waals surface area contributed by atoms with Crippen molar-refractivity contribution in [2.24, 2.45) is 17.6 Å². The molecule has 0 aromatic rings. The van der Waals surface area contributed by atoms with Crippen molar-refractivity contribution in [3.63, 3.8) is 0 Å². The van der Waals surface area contributed by atoms with Crippen LogP contribution >= 0.6 is 0 Å². The molecular formula is C13H24N2O. The first-order valence-corrected chi connectivity index (χ1v) is 6.78. The summed E-state index contributed by atoms with van der Waals surface area (Å²) in [4.78, 5) is 2.59. The third-order valence-corrected chi connectivity index (χ3v) is 5.07. The van der Waals surface area contributed by atoms with Crippen LogP contribution in [0.15, 0.2) is 0 Å². The van der Waals surface area contributed by atoms with Gasteiger partial charge in [-0.2, -0.15) is 0 Å². The molecule has 3 nitrogen and oxygen atoms in total. The Bertz CT molecular complexity index is 283. The summed E-state index contributed by atoms with van der Waals surface area (Å²) >= 11 is 0. The van der Waals surface area contributed by atoms with Crippen LogP contribution in [0.25, 0.3) is 0 Å². The molecular weight excluding hydrogens is 200 g/mol. The van der Waals surface area contributed by atoms with Crippen LogP contribution in [-0.4, -0.2) is 40.8 Å². The minimum absolute atomic E-state index is 0.334. The number of nitrogens with zero attached hydrogens (tertiary/aromatic N) is 1. The van der Waals surface area contributed by atoms with E-state index in [0.717, 1.165) is 31.7 Å². The molecule has 4 aliphatic rings. The summed E-state index contributed by atoms with van der Waals surface area (Å²) < 4.78 is 0. The van der Waals surface area contributed by atoms with E-state index in [1.807, 2.05) is 0 Å². The number of aliphatic hydroxyl groups is 1. The number of fused-ring (bicyclic) bond motifs is 1. The predicted octanol–water partition coefficient (Wildman–Crippen LogP) is 0.959. The fourth-order valence-corrected chi connectivity index (χ4v) is 4.56. The Labute approximate surface area is 98.0 Å². The zero-order valence-corrected chi connectivity index (χ0v) is 10.2. The van der Waals surface area contributed by atoms with Crippen LogP contribution in [0, 0.1) is 11.8 Å². The number of nitrogens with two attached hydrogens (primary N) is 1. The van der Waals surface area contributed by atoms with Gasteiger partial charge < -0.3 is 10.8 Å². The highest BCUT2D eigenvalue weighted by atomic mass is 16.3. The Balaban J connectivity index is 1.86. The topological polar surface area (TPSA) is 49.5 Å². The summed E-state index contributed by atoms with van der Waals surface area (Å²) in [6.45, 7) is 4.14. The van der Waals surface area contributed by atoms with Gasteiger partial charge in [0.2, 0.25) is 0 Å². The molecule has 0 amide bonds. The lowest BCUT2D eigenvalue weighted by Gasteiger charge is -2.45. The molecule has 5 unspecified atom stereocenters. The van der Waals surface area contributed by atoms with Gasteiger partial charge in [-0.05, 0) is 50.9 Å². The fourth-order valence-electron chi connectivity index (χ4n) is 4.56. The molecule has 2 aliphatic heterocycles. The molecule has 3 N–H and O–H groups in total. The molecule has 0 aromatic carbocycles. The van der Waals surface area contributed by atoms with Crippen molar-refractivity contribution in [1.82, 2.24) is 4.90 Å². The zero-order valence-electron chi connectivity index (χ0n) is 10.2. The van der Waals surface area contributed by atoms with Crippen molar-refractivity contribution in [2.45, 2.75) is 56.7 Å². The van der Waals surface area contributed by atoms with E-state index in [4.69, 9.17) is 5.73 Å². The van der Waals surface area contributed by atoms with E-state index < -0.39 is 0 Å². The van der Waals surface area contributed by atoms with E-state index in [0.29, 0.717) is 18.0 Å². The SMILES string of the molecule is CC(CN)N1CC2CC3CC1CC(O)(C3)C2. The Hall–Kier alpha value is -0.120. The van der Waals surface area contributed by atoms with Gasteiger partial charge in [-0.15, -0.1) is 0 Å². The zero-order chi connectivity index (χ0) is 11.3. The van der Waals surface area contributed by atoms with Gasteiger partial charge in [0, 0.05) is 25.2 Å². The van der Waals surface area contributed by atoms with Crippen molar-refractivity contribution < 1.29 is 5.11 Å². The molecule has 2 heterocycles. The van der Waals surface area contributed by atoms with E-state index in [2.05, 4.69) is 11.8 Å². The normalized spacial score (nSPS) is 49.3. The van der Waals surface area contributed by atoms with Crippen molar-refractivity contribution in [1.29, 1.82) is 0 Å². The maximum atomic E-state index is 10.6. The van der Waals surface area contributed by atoms with Crippen molar-refractivity contribution in [3.05, 3.63) is 0 Å². The predicted molar refractivity (Wildman–Crippen MR) is 64.0 cm³/mol. The van der Waals surface area contributed by atoms with Gasteiger partial charge in [-0.1, -0.05) is 0 Å². The lowest BCUT2D eigenvalue weighted by molar-refractivity contribution is -0.0671. The highest BCUT2D eigenvalue weighted by molar-refractivity contribution is 5.04. The number of hydrogen-bond donors (Lipinski definition) is 2. The van der Waals surface area contributed by atoms with Crippen LogP contribution < -0.4 is 5.73 Å².